The van der Waals surface area contributed by atoms with Gasteiger partial charge in [-0.05, 0) is 54.0 Å². The topological polar surface area (TPSA) is 0 Å². The van der Waals surface area contributed by atoms with Gasteiger partial charge >= 0.3 is 0 Å². The molecule has 2 heterocycles. The molecule has 0 amide bonds. The number of fused-ring (bicyclic) bond motifs is 1. The minimum atomic E-state index is 0.791. The third-order valence-corrected chi connectivity index (χ3v) is 7.69. The molecule has 3 rings (SSSR count). The number of rotatable bonds is 1. The second-order valence-electron chi connectivity index (χ2n) is 6.01. The average molecular weight is 266 g/mol. The van der Waals surface area contributed by atoms with Crippen molar-refractivity contribution in [2.75, 3.05) is 0 Å². The van der Waals surface area contributed by atoms with Crippen LogP contribution in [0.5, 0.6) is 0 Å². The van der Waals surface area contributed by atoms with Gasteiger partial charge in [0.1, 0.15) is 0 Å². The van der Waals surface area contributed by atoms with Crippen molar-refractivity contribution in [1.82, 2.24) is 0 Å². The lowest BCUT2D eigenvalue weighted by atomic mass is 9.77. The van der Waals surface area contributed by atoms with Crippen molar-refractivity contribution in [3.63, 3.8) is 0 Å². The quantitative estimate of drug-likeness (QED) is 0.650. The molecule has 0 aromatic carbocycles. The van der Waals surface area contributed by atoms with E-state index in [2.05, 4.69) is 37.9 Å². The Morgan fingerprint density at radius 3 is 2.47 bits per heavy atom. The first-order valence-corrected chi connectivity index (χ1v) is 8.67. The van der Waals surface area contributed by atoms with Crippen LogP contribution < -0.4 is 0 Å². The van der Waals surface area contributed by atoms with Gasteiger partial charge in [-0.15, -0.1) is 23.1 Å². The minimum Gasteiger partial charge on any atom is -0.137 e. The molecular formula is C15H22S2. The van der Waals surface area contributed by atoms with Crippen molar-refractivity contribution in [3.8, 4) is 0 Å². The van der Waals surface area contributed by atoms with Crippen molar-refractivity contribution in [2.24, 2.45) is 11.8 Å². The summed E-state index contributed by atoms with van der Waals surface area (Å²) >= 11 is 4.17. The number of hydrogen-bond donors (Lipinski definition) is 0. The molecule has 2 aliphatic rings. The van der Waals surface area contributed by atoms with E-state index >= 15 is 0 Å². The van der Waals surface area contributed by atoms with Gasteiger partial charge in [-0.2, -0.15) is 0 Å². The van der Waals surface area contributed by atoms with Crippen LogP contribution in [0, 0.1) is 18.8 Å². The summed E-state index contributed by atoms with van der Waals surface area (Å²) in [5.74, 6) is 2.74. The molecule has 2 heteroatoms. The van der Waals surface area contributed by atoms with Crippen LogP contribution in [-0.2, 0) is 0 Å². The zero-order valence-corrected chi connectivity index (χ0v) is 12.7. The molecule has 2 atom stereocenters. The maximum Gasteiger partial charge on any atom is 0.0639 e. The third kappa shape index (κ3) is 2.08. The normalized spacial score (nSPS) is 37.1. The second-order valence-corrected chi connectivity index (χ2v) is 8.34. The Kier molecular flexibility index (Phi) is 3.29. The van der Waals surface area contributed by atoms with E-state index in [-0.39, 0.29) is 0 Å². The van der Waals surface area contributed by atoms with E-state index in [0.717, 1.165) is 23.0 Å². The standard InChI is InChI=1S/C15H22S2/c1-9-4-6-12(7-5-9)14-11(3)13-10(2)8-16-15(13)17-14/h8-9,11-12,14H,4-7H2,1-3H3. The van der Waals surface area contributed by atoms with Gasteiger partial charge in [0.05, 0.1) is 4.21 Å². The number of thiophene rings is 1. The number of hydrogen-bond acceptors (Lipinski definition) is 2. The SMILES string of the molecule is Cc1csc2c1C(C)C(C1CCC(C)CC1)S2. The molecule has 2 unspecified atom stereocenters. The van der Waals surface area contributed by atoms with E-state index < -0.39 is 0 Å². The van der Waals surface area contributed by atoms with Gasteiger partial charge in [0.25, 0.3) is 0 Å². The van der Waals surface area contributed by atoms with Crippen LogP contribution in [0.1, 0.15) is 56.6 Å². The molecular weight excluding hydrogens is 244 g/mol. The molecule has 0 radical (unpaired) electrons. The Balaban J connectivity index is 1.75. The van der Waals surface area contributed by atoms with Gasteiger partial charge in [-0.1, -0.05) is 26.7 Å². The van der Waals surface area contributed by atoms with E-state index in [1.54, 1.807) is 9.77 Å². The zero-order chi connectivity index (χ0) is 12.0. The summed E-state index contributed by atoms with van der Waals surface area (Å²) in [7, 11) is 0. The van der Waals surface area contributed by atoms with Gasteiger partial charge < -0.3 is 0 Å². The smallest absolute Gasteiger partial charge is 0.0639 e. The monoisotopic (exact) mass is 266 g/mol. The largest absolute Gasteiger partial charge is 0.137 e. The first-order chi connectivity index (χ1) is 8.16. The highest BCUT2D eigenvalue weighted by molar-refractivity contribution is 8.02. The zero-order valence-electron chi connectivity index (χ0n) is 11.0. The molecule has 1 aliphatic heterocycles. The van der Waals surface area contributed by atoms with E-state index in [1.807, 2.05) is 11.3 Å². The summed E-state index contributed by atoms with van der Waals surface area (Å²) in [5.41, 5.74) is 3.22. The van der Waals surface area contributed by atoms with Gasteiger partial charge in [0.15, 0.2) is 0 Å². The fourth-order valence-electron chi connectivity index (χ4n) is 3.57. The third-order valence-electron chi connectivity index (χ3n) is 4.70. The highest BCUT2D eigenvalue weighted by Gasteiger charge is 2.38. The van der Waals surface area contributed by atoms with E-state index in [1.165, 1.54) is 31.2 Å². The van der Waals surface area contributed by atoms with E-state index in [0.29, 0.717) is 0 Å². The molecule has 1 aromatic heterocycles. The fraction of sp³-hybridized carbons (Fsp3) is 0.733. The minimum absolute atomic E-state index is 0.791. The van der Waals surface area contributed by atoms with Crippen LogP contribution in [0.2, 0.25) is 0 Å². The molecule has 17 heavy (non-hydrogen) atoms. The Morgan fingerprint density at radius 2 is 1.82 bits per heavy atom. The van der Waals surface area contributed by atoms with E-state index in [9.17, 15) is 0 Å². The molecule has 0 bridgehead atoms. The fourth-order valence-corrected chi connectivity index (χ4v) is 6.69. The van der Waals surface area contributed by atoms with E-state index in [4.69, 9.17) is 0 Å². The maximum atomic E-state index is 2.46. The molecule has 1 saturated carbocycles. The Bertz CT molecular complexity index is 399. The summed E-state index contributed by atoms with van der Waals surface area (Å²) < 4.78 is 1.62. The summed E-state index contributed by atoms with van der Waals surface area (Å²) in [6, 6.07) is 0. The molecule has 0 N–H and O–H groups in total. The predicted molar refractivity (Wildman–Crippen MR) is 78.2 cm³/mol. The first kappa shape index (κ1) is 12.1. The maximum absolute atomic E-state index is 2.46. The van der Waals surface area contributed by atoms with Crippen LogP contribution >= 0.6 is 23.1 Å². The second kappa shape index (κ2) is 4.62. The summed E-state index contributed by atoms with van der Waals surface area (Å²) in [4.78, 5) is 0. The van der Waals surface area contributed by atoms with Gasteiger partial charge in [0.2, 0.25) is 0 Å². The first-order valence-electron chi connectivity index (χ1n) is 6.91. The van der Waals surface area contributed by atoms with Crippen LogP contribution in [0.25, 0.3) is 0 Å². The molecule has 1 aromatic rings. The van der Waals surface area contributed by atoms with Crippen molar-refractivity contribution < 1.29 is 0 Å². The molecule has 94 valence electrons. The van der Waals surface area contributed by atoms with Crippen molar-refractivity contribution >= 4 is 23.1 Å². The Labute approximate surface area is 113 Å². The lowest BCUT2D eigenvalue weighted by Crippen LogP contribution is -2.24. The molecule has 1 fully saturated rings. The predicted octanol–water partition coefficient (Wildman–Crippen LogP) is 5.46. The van der Waals surface area contributed by atoms with Gasteiger partial charge in [-0.25, -0.2) is 0 Å². The number of aryl methyl sites for hydroxylation is 1. The summed E-state index contributed by atoms with van der Waals surface area (Å²) in [6.07, 6.45) is 5.86. The molecule has 0 spiro atoms. The molecule has 0 nitrogen and oxygen atoms in total. The van der Waals surface area contributed by atoms with Gasteiger partial charge in [0, 0.05) is 5.25 Å². The Hall–Kier alpha value is 0.0500. The summed E-state index contributed by atoms with van der Waals surface area (Å²) in [5, 5.41) is 3.22. The van der Waals surface area contributed by atoms with Crippen molar-refractivity contribution in [2.45, 2.75) is 61.8 Å². The summed E-state index contributed by atoms with van der Waals surface area (Å²) in [6.45, 7) is 7.17. The van der Waals surface area contributed by atoms with Crippen molar-refractivity contribution in [3.05, 3.63) is 16.5 Å². The lowest BCUT2D eigenvalue weighted by molar-refractivity contribution is 0.276. The molecule has 1 aliphatic carbocycles. The van der Waals surface area contributed by atoms with Crippen LogP contribution in [-0.4, -0.2) is 5.25 Å². The highest BCUT2D eigenvalue weighted by atomic mass is 32.2. The number of thioether (sulfide) groups is 1. The van der Waals surface area contributed by atoms with Gasteiger partial charge in [-0.3, -0.25) is 0 Å². The highest BCUT2D eigenvalue weighted by Crippen LogP contribution is 2.54. The van der Waals surface area contributed by atoms with Crippen LogP contribution in [0.4, 0.5) is 0 Å². The van der Waals surface area contributed by atoms with Crippen molar-refractivity contribution in [1.29, 1.82) is 0 Å². The Morgan fingerprint density at radius 1 is 1.12 bits per heavy atom. The molecule has 0 saturated heterocycles. The van der Waals surface area contributed by atoms with Crippen LogP contribution in [0.3, 0.4) is 0 Å². The lowest BCUT2D eigenvalue weighted by Gasteiger charge is -2.32. The average Bonchev–Trinajstić information content (AvgIpc) is 2.83. The van der Waals surface area contributed by atoms with Crippen LogP contribution in [0.15, 0.2) is 9.59 Å².